The van der Waals surface area contributed by atoms with E-state index < -0.39 is 6.03 Å². The first-order chi connectivity index (χ1) is 9.54. The van der Waals surface area contributed by atoms with Crippen LogP contribution < -0.4 is 11.2 Å². The van der Waals surface area contributed by atoms with Crippen LogP contribution in [0.2, 0.25) is 10.0 Å². The van der Waals surface area contributed by atoms with Gasteiger partial charge in [0.1, 0.15) is 0 Å². The van der Waals surface area contributed by atoms with E-state index in [4.69, 9.17) is 28.9 Å². The van der Waals surface area contributed by atoms with E-state index in [1.165, 1.54) is 6.21 Å². The van der Waals surface area contributed by atoms with Gasteiger partial charge < -0.3 is 5.73 Å². The van der Waals surface area contributed by atoms with E-state index >= 15 is 0 Å². The lowest BCUT2D eigenvalue weighted by Gasteiger charge is -2.04. The Morgan fingerprint density at radius 1 is 1.05 bits per heavy atom. The summed E-state index contributed by atoms with van der Waals surface area (Å²) in [5.41, 5.74) is 9.77. The van der Waals surface area contributed by atoms with Gasteiger partial charge >= 0.3 is 6.03 Å². The van der Waals surface area contributed by atoms with Crippen LogP contribution in [0.5, 0.6) is 0 Å². The van der Waals surface area contributed by atoms with Crippen LogP contribution in [0.15, 0.2) is 47.6 Å². The molecule has 20 heavy (non-hydrogen) atoms. The molecule has 0 spiro atoms. The molecule has 2 amide bonds. The quantitative estimate of drug-likeness (QED) is 0.659. The highest BCUT2D eigenvalue weighted by atomic mass is 35.5. The van der Waals surface area contributed by atoms with Gasteiger partial charge in [-0.25, -0.2) is 10.2 Å². The second-order valence-corrected chi connectivity index (χ2v) is 4.89. The lowest BCUT2D eigenvalue weighted by Crippen LogP contribution is -2.24. The van der Waals surface area contributed by atoms with Crippen molar-refractivity contribution in [2.45, 2.75) is 0 Å². The molecule has 0 bridgehead atoms. The average Bonchev–Trinajstić information content (AvgIpc) is 2.38. The molecule has 0 heterocycles. The Kier molecular flexibility index (Phi) is 4.61. The number of hydrogen-bond acceptors (Lipinski definition) is 2. The number of primary amides is 1. The highest BCUT2D eigenvalue weighted by molar-refractivity contribution is 6.35. The fourth-order valence-corrected chi connectivity index (χ4v) is 2.18. The lowest BCUT2D eigenvalue weighted by atomic mass is 10.0. The molecule has 4 nitrogen and oxygen atoms in total. The van der Waals surface area contributed by atoms with Gasteiger partial charge in [-0.1, -0.05) is 47.5 Å². The van der Waals surface area contributed by atoms with Crippen LogP contribution >= 0.6 is 23.2 Å². The molecule has 0 fully saturated rings. The molecule has 2 aromatic rings. The fourth-order valence-electron chi connectivity index (χ4n) is 1.65. The second-order valence-electron chi connectivity index (χ2n) is 4.01. The summed E-state index contributed by atoms with van der Waals surface area (Å²) < 4.78 is 0. The van der Waals surface area contributed by atoms with Gasteiger partial charge in [-0.15, -0.1) is 0 Å². The number of benzene rings is 2. The molecule has 0 saturated carbocycles. The predicted octanol–water partition coefficient (Wildman–Crippen LogP) is 3.66. The van der Waals surface area contributed by atoms with E-state index in [0.717, 1.165) is 16.7 Å². The van der Waals surface area contributed by atoms with Crippen LogP contribution in [0.3, 0.4) is 0 Å². The Morgan fingerprint density at radius 3 is 2.20 bits per heavy atom. The Hall–Kier alpha value is -2.04. The van der Waals surface area contributed by atoms with Crippen molar-refractivity contribution < 1.29 is 4.79 Å². The third kappa shape index (κ3) is 3.98. The van der Waals surface area contributed by atoms with Crippen molar-refractivity contribution in [2.24, 2.45) is 10.8 Å². The van der Waals surface area contributed by atoms with Crippen molar-refractivity contribution in [2.75, 3.05) is 0 Å². The van der Waals surface area contributed by atoms with E-state index in [-0.39, 0.29) is 0 Å². The van der Waals surface area contributed by atoms with Gasteiger partial charge in [-0.05, 0) is 34.9 Å². The number of carbonyl (C=O) groups is 1. The Labute approximate surface area is 126 Å². The number of carbonyl (C=O) groups excluding carboxylic acids is 1. The number of hydrogen-bond donors (Lipinski definition) is 2. The molecule has 2 rings (SSSR count). The molecule has 0 atom stereocenters. The fraction of sp³-hybridized carbons (Fsp3) is 0. The van der Waals surface area contributed by atoms with Crippen LogP contribution in [-0.4, -0.2) is 12.2 Å². The molecule has 102 valence electrons. The zero-order valence-electron chi connectivity index (χ0n) is 10.3. The lowest BCUT2D eigenvalue weighted by molar-refractivity contribution is 0.249. The summed E-state index contributed by atoms with van der Waals surface area (Å²) >= 11 is 11.9. The minimum Gasteiger partial charge on any atom is -0.350 e. The van der Waals surface area contributed by atoms with E-state index in [0.29, 0.717) is 10.0 Å². The van der Waals surface area contributed by atoms with E-state index in [1.807, 2.05) is 36.4 Å². The number of nitrogens with zero attached hydrogens (tertiary/aromatic N) is 1. The summed E-state index contributed by atoms with van der Waals surface area (Å²) in [4.78, 5) is 10.5. The number of urea groups is 1. The summed E-state index contributed by atoms with van der Waals surface area (Å²) in [6.45, 7) is 0. The zero-order valence-corrected chi connectivity index (χ0v) is 11.8. The van der Waals surface area contributed by atoms with E-state index in [2.05, 4.69) is 10.5 Å². The molecule has 0 aliphatic rings. The summed E-state index contributed by atoms with van der Waals surface area (Å²) in [6.07, 6.45) is 1.50. The van der Waals surface area contributed by atoms with E-state index in [9.17, 15) is 4.79 Å². The van der Waals surface area contributed by atoms with Crippen LogP contribution in [0.1, 0.15) is 5.56 Å². The minimum absolute atomic E-state index is 0.587. The van der Waals surface area contributed by atoms with Crippen molar-refractivity contribution in [1.82, 2.24) is 5.43 Å². The molecule has 6 heteroatoms. The highest BCUT2D eigenvalue weighted by Gasteiger charge is 2.01. The van der Waals surface area contributed by atoms with Gasteiger partial charge in [0, 0.05) is 10.0 Å². The molecule has 0 aliphatic heterocycles. The maximum absolute atomic E-state index is 10.5. The first-order valence-electron chi connectivity index (χ1n) is 5.69. The van der Waals surface area contributed by atoms with Crippen LogP contribution in [0, 0.1) is 0 Å². The first-order valence-corrected chi connectivity index (χ1v) is 6.45. The smallest absolute Gasteiger partial charge is 0.332 e. The van der Waals surface area contributed by atoms with Gasteiger partial charge in [0.15, 0.2) is 0 Å². The molecule has 0 unspecified atom stereocenters. The Morgan fingerprint density at radius 2 is 1.65 bits per heavy atom. The molecule has 0 radical (unpaired) electrons. The topological polar surface area (TPSA) is 67.5 Å². The molecule has 2 aromatic carbocycles. The maximum Gasteiger partial charge on any atom is 0.332 e. The number of rotatable bonds is 3. The average molecular weight is 308 g/mol. The third-order valence-corrected chi connectivity index (χ3v) is 2.93. The second kappa shape index (κ2) is 6.41. The standard InChI is InChI=1S/C14H11Cl2N3O/c15-12-5-11(6-13(16)7-12)10-3-1-9(2-4-10)8-18-19-14(17)20/h1-8H,(H3,17,19,20). The summed E-state index contributed by atoms with van der Waals surface area (Å²) in [5, 5.41) is 4.85. The molecule has 0 saturated heterocycles. The molecule has 3 N–H and O–H groups in total. The van der Waals surface area contributed by atoms with Crippen molar-refractivity contribution in [3.05, 3.63) is 58.1 Å². The van der Waals surface area contributed by atoms with Crippen LogP contribution in [-0.2, 0) is 0 Å². The summed E-state index contributed by atoms with van der Waals surface area (Å²) in [7, 11) is 0. The molecular formula is C14H11Cl2N3O. The monoisotopic (exact) mass is 307 g/mol. The SMILES string of the molecule is NC(=O)NN=Cc1ccc(-c2cc(Cl)cc(Cl)c2)cc1. The van der Waals surface area contributed by atoms with Gasteiger partial charge in [0.05, 0.1) is 6.21 Å². The minimum atomic E-state index is -0.702. The van der Waals surface area contributed by atoms with Crippen molar-refractivity contribution in [3.63, 3.8) is 0 Å². The van der Waals surface area contributed by atoms with Gasteiger partial charge in [-0.2, -0.15) is 5.10 Å². The summed E-state index contributed by atoms with van der Waals surface area (Å²) in [6, 6.07) is 12.2. The maximum atomic E-state index is 10.5. The number of nitrogens with one attached hydrogen (secondary N) is 1. The van der Waals surface area contributed by atoms with Crippen molar-refractivity contribution in [1.29, 1.82) is 0 Å². The normalized spacial score (nSPS) is 10.7. The number of halogens is 2. The number of nitrogens with two attached hydrogens (primary N) is 1. The number of amides is 2. The largest absolute Gasteiger partial charge is 0.350 e. The molecule has 0 aliphatic carbocycles. The number of hydrazone groups is 1. The third-order valence-electron chi connectivity index (χ3n) is 2.49. The zero-order chi connectivity index (χ0) is 14.5. The predicted molar refractivity (Wildman–Crippen MR) is 82.2 cm³/mol. The van der Waals surface area contributed by atoms with Crippen molar-refractivity contribution in [3.8, 4) is 11.1 Å². The van der Waals surface area contributed by atoms with Crippen molar-refractivity contribution >= 4 is 35.4 Å². The summed E-state index contributed by atoms with van der Waals surface area (Å²) in [5.74, 6) is 0. The molecular weight excluding hydrogens is 297 g/mol. The van der Waals surface area contributed by atoms with Crippen LogP contribution in [0.25, 0.3) is 11.1 Å². The molecule has 0 aromatic heterocycles. The first kappa shape index (κ1) is 14.4. The van der Waals surface area contributed by atoms with Gasteiger partial charge in [-0.3, -0.25) is 0 Å². The van der Waals surface area contributed by atoms with E-state index in [1.54, 1.807) is 6.07 Å². The van der Waals surface area contributed by atoms with Gasteiger partial charge in [0.25, 0.3) is 0 Å². The van der Waals surface area contributed by atoms with Crippen LogP contribution in [0.4, 0.5) is 4.79 Å². The Bertz CT molecular complexity index is 634. The highest BCUT2D eigenvalue weighted by Crippen LogP contribution is 2.27. The van der Waals surface area contributed by atoms with Gasteiger partial charge in [0.2, 0.25) is 0 Å². The Balaban J connectivity index is 2.19.